The largest absolute Gasteiger partial charge is 0.382 e. The normalized spacial score (nSPS) is 12.2. The van der Waals surface area contributed by atoms with Crippen molar-refractivity contribution in [1.29, 1.82) is 0 Å². The van der Waals surface area contributed by atoms with Crippen LogP contribution in [0.3, 0.4) is 0 Å². The lowest BCUT2D eigenvalue weighted by atomic mass is 10.0. The lowest BCUT2D eigenvalue weighted by Gasteiger charge is -2.16. The monoisotopic (exact) mass is 237 g/mol. The number of hydrogen-bond donors (Lipinski definition) is 2. The number of thioether (sulfide) groups is 1. The molecule has 0 saturated carbocycles. The van der Waals surface area contributed by atoms with E-state index in [0.717, 1.165) is 5.75 Å². The summed E-state index contributed by atoms with van der Waals surface area (Å²) in [5.74, 6) is 1.40. The van der Waals surface area contributed by atoms with E-state index in [0.29, 0.717) is 22.1 Å². The zero-order valence-corrected chi connectivity index (χ0v) is 10.4. The second-order valence-electron chi connectivity index (χ2n) is 4.84. The minimum atomic E-state index is 0.239. The molecule has 0 fully saturated rings. The van der Waals surface area contributed by atoms with Gasteiger partial charge >= 0.3 is 0 Å². The van der Waals surface area contributed by atoms with Crippen LogP contribution in [0.2, 0.25) is 0 Å². The average Bonchev–Trinajstić information content (AvgIpc) is 2.62. The number of fused-ring (bicyclic) bond motifs is 1. The summed E-state index contributed by atoms with van der Waals surface area (Å²) in [6, 6.07) is 0. The van der Waals surface area contributed by atoms with E-state index >= 15 is 0 Å². The molecule has 2 rings (SSSR count). The second-order valence-corrected chi connectivity index (χ2v) is 5.78. The fourth-order valence-corrected chi connectivity index (χ4v) is 2.06. The number of imidazole rings is 1. The Morgan fingerprint density at radius 3 is 2.81 bits per heavy atom. The molecule has 0 atom stereocenters. The summed E-state index contributed by atoms with van der Waals surface area (Å²) in [5.41, 5.74) is 7.38. The predicted octanol–water partition coefficient (Wildman–Crippen LogP) is 2.07. The van der Waals surface area contributed by atoms with Crippen molar-refractivity contribution in [1.82, 2.24) is 19.9 Å². The molecule has 6 heteroatoms. The maximum absolute atomic E-state index is 5.81. The average molecular weight is 237 g/mol. The minimum Gasteiger partial charge on any atom is -0.382 e. The van der Waals surface area contributed by atoms with Crippen LogP contribution in [-0.2, 0) is 0 Å². The number of anilines is 1. The van der Waals surface area contributed by atoms with Crippen molar-refractivity contribution in [2.75, 3.05) is 11.5 Å². The molecule has 0 saturated heterocycles. The number of nitrogens with two attached hydrogens (primary N) is 1. The third-order valence-corrected chi connectivity index (χ3v) is 3.38. The molecule has 0 aliphatic heterocycles. The zero-order chi connectivity index (χ0) is 11.8. The molecular weight excluding hydrogens is 222 g/mol. The summed E-state index contributed by atoms with van der Waals surface area (Å²) in [6.45, 7) is 6.53. The van der Waals surface area contributed by atoms with Gasteiger partial charge in [0.15, 0.2) is 16.6 Å². The summed E-state index contributed by atoms with van der Waals surface area (Å²) < 4.78 is 0. The Labute approximate surface area is 98.3 Å². The van der Waals surface area contributed by atoms with E-state index in [1.165, 1.54) is 0 Å². The van der Waals surface area contributed by atoms with Gasteiger partial charge in [0.1, 0.15) is 5.52 Å². The Bertz CT molecular complexity index is 499. The van der Waals surface area contributed by atoms with Crippen molar-refractivity contribution >= 4 is 28.7 Å². The topological polar surface area (TPSA) is 80.5 Å². The molecule has 0 amide bonds. The van der Waals surface area contributed by atoms with Crippen molar-refractivity contribution in [2.24, 2.45) is 5.41 Å². The molecule has 0 aromatic carbocycles. The quantitative estimate of drug-likeness (QED) is 0.617. The van der Waals surface area contributed by atoms with Crippen LogP contribution in [0.15, 0.2) is 11.5 Å². The van der Waals surface area contributed by atoms with Gasteiger partial charge in [-0.1, -0.05) is 32.5 Å². The number of aromatic nitrogens is 4. The Morgan fingerprint density at radius 1 is 1.38 bits per heavy atom. The van der Waals surface area contributed by atoms with E-state index in [4.69, 9.17) is 5.73 Å². The van der Waals surface area contributed by atoms with Gasteiger partial charge in [0, 0.05) is 5.75 Å². The third-order valence-electron chi connectivity index (χ3n) is 1.93. The van der Waals surface area contributed by atoms with Crippen LogP contribution in [0.1, 0.15) is 20.8 Å². The van der Waals surface area contributed by atoms with Crippen LogP contribution in [0.5, 0.6) is 0 Å². The molecule has 5 nitrogen and oxygen atoms in total. The van der Waals surface area contributed by atoms with Gasteiger partial charge in [-0.25, -0.2) is 15.0 Å². The first-order chi connectivity index (χ1) is 7.46. The number of nitrogens with one attached hydrogen (secondary N) is 1. The van der Waals surface area contributed by atoms with Gasteiger partial charge in [0.05, 0.1) is 6.33 Å². The van der Waals surface area contributed by atoms with Gasteiger partial charge in [-0.15, -0.1) is 0 Å². The molecule has 0 aliphatic carbocycles. The van der Waals surface area contributed by atoms with Gasteiger partial charge in [0.2, 0.25) is 0 Å². The van der Waals surface area contributed by atoms with Crippen LogP contribution in [-0.4, -0.2) is 25.7 Å². The Hall–Kier alpha value is -1.30. The highest BCUT2D eigenvalue weighted by atomic mass is 32.2. The first-order valence-electron chi connectivity index (χ1n) is 5.05. The Morgan fingerprint density at radius 2 is 2.12 bits per heavy atom. The van der Waals surface area contributed by atoms with Crippen LogP contribution < -0.4 is 5.73 Å². The zero-order valence-electron chi connectivity index (χ0n) is 9.61. The molecule has 2 aromatic rings. The highest BCUT2D eigenvalue weighted by molar-refractivity contribution is 7.99. The maximum atomic E-state index is 5.81. The molecule has 86 valence electrons. The summed E-state index contributed by atoms with van der Waals surface area (Å²) in [7, 11) is 0. The predicted molar refractivity (Wildman–Crippen MR) is 66.3 cm³/mol. The standard InChI is InChI=1S/C10H15N5S/c1-10(2,3)4-16-9-14-7(11)6-8(15-9)13-5-12-6/h5H,4H2,1-3H3,(H3,11,12,13,14,15). The number of rotatable bonds is 2. The van der Waals surface area contributed by atoms with Crippen LogP contribution >= 0.6 is 11.8 Å². The lowest BCUT2D eigenvalue weighted by Crippen LogP contribution is -2.09. The fourth-order valence-electron chi connectivity index (χ4n) is 1.18. The summed E-state index contributed by atoms with van der Waals surface area (Å²) in [5, 5.41) is 0.687. The first-order valence-corrected chi connectivity index (χ1v) is 6.04. The van der Waals surface area contributed by atoms with Gasteiger partial charge < -0.3 is 10.7 Å². The Balaban J connectivity index is 2.25. The fraction of sp³-hybridized carbons (Fsp3) is 0.500. The molecule has 3 N–H and O–H groups in total. The van der Waals surface area contributed by atoms with Gasteiger partial charge in [0.25, 0.3) is 0 Å². The molecule has 0 unspecified atom stereocenters. The van der Waals surface area contributed by atoms with Crippen molar-refractivity contribution in [3.8, 4) is 0 Å². The molecule has 2 heterocycles. The SMILES string of the molecule is CC(C)(C)CSc1nc(N)c2[nH]cnc2n1. The number of nitrogens with zero attached hydrogens (tertiary/aromatic N) is 3. The lowest BCUT2D eigenvalue weighted by molar-refractivity contribution is 0.480. The number of nitrogen functional groups attached to an aromatic ring is 1. The summed E-state index contributed by atoms with van der Waals surface area (Å²) >= 11 is 1.60. The smallest absolute Gasteiger partial charge is 0.191 e. The van der Waals surface area contributed by atoms with Crippen LogP contribution in [0, 0.1) is 5.41 Å². The number of H-pyrrole nitrogens is 1. The van der Waals surface area contributed by atoms with Crippen molar-refractivity contribution in [3.63, 3.8) is 0 Å². The van der Waals surface area contributed by atoms with E-state index in [2.05, 4.69) is 40.7 Å². The van der Waals surface area contributed by atoms with Crippen molar-refractivity contribution < 1.29 is 0 Å². The van der Waals surface area contributed by atoms with E-state index in [9.17, 15) is 0 Å². The summed E-state index contributed by atoms with van der Waals surface area (Å²) in [6.07, 6.45) is 1.58. The van der Waals surface area contributed by atoms with Gasteiger partial charge in [-0.05, 0) is 5.41 Å². The molecule has 0 spiro atoms. The van der Waals surface area contributed by atoms with E-state index < -0.39 is 0 Å². The Kier molecular flexibility index (Phi) is 2.75. The van der Waals surface area contributed by atoms with E-state index in [1.807, 2.05) is 0 Å². The van der Waals surface area contributed by atoms with E-state index in [-0.39, 0.29) is 5.41 Å². The maximum Gasteiger partial charge on any atom is 0.191 e. The van der Waals surface area contributed by atoms with Crippen molar-refractivity contribution in [3.05, 3.63) is 6.33 Å². The second kappa shape index (κ2) is 3.93. The molecule has 0 bridgehead atoms. The first kappa shape index (κ1) is 11.2. The highest BCUT2D eigenvalue weighted by Gasteiger charge is 2.13. The molecule has 0 radical (unpaired) electrons. The third kappa shape index (κ3) is 2.44. The van der Waals surface area contributed by atoms with Crippen LogP contribution in [0.4, 0.5) is 5.82 Å². The molecular formula is C10H15N5S. The summed E-state index contributed by atoms with van der Waals surface area (Å²) in [4.78, 5) is 15.6. The number of hydrogen-bond acceptors (Lipinski definition) is 5. The van der Waals surface area contributed by atoms with Crippen molar-refractivity contribution in [2.45, 2.75) is 25.9 Å². The van der Waals surface area contributed by atoms with Gasteiger partial charge in [-0.3, -0.25) is 0 Å². The van der Waals surface area contributed by atoms with Gasteiger partial charge in [-0.2, -0.15) is 0 Å². The minimum absolute atomic E-state index is 0.239. The molecule has 0 aliphatic rings. The molecule has 16 heavy (non-hydrogen) atoms. The van der Waals surface area contributed by atoms with Crippen LogP contribution in [0.25, 0.3) is 11.2 Å². The number of aromatic amines is 1. The van der Waals surface area contributed by atoms with E-state index in [1.54, 1.807) is 18.1 Å². The highest BCUT2D eigenvalue weighted by Crippen LogP contribution is 2.26. The molecule has 2 aromatic heterocycles.